The van der Waals surface area contributed by atoms with Gasteiger partial charge in [-0.1, -0.05) is 86.6 Å². The van der Waals surface area contributed by atoms with Gasteiger partial charge >= 0.3 is 11.9 Å². The van der Waals surface area contributed by atoms with Gasteiger partial charge in [0.15, 0.2) is 16.6 Å². The highest BCUT2D eigenvalue weighted by Crippen LogP contribution is 2.41. The number of rotatable bonds is 29. The van der Waals surface area contributed by atoms with E-state index in [2.05, 4.69) is 68.4 Å². The van der Waals surface area contributed by atoms with Gasteiger partial charge in [0, 0.05) is 44.5 Å². The van der Waals surface area contributed by atoms with Crippen LogP contribution in [0.2, 0.25) is 36.3 Å². The molecule has 0 bridgehead atoms. The molecule has 63 heavy (non-hydrogen) atoms. The Labute approximate surface area is 386 Å². The number of esters is 2. The van der Waals surface area contributed by atoms with Gasteiger partial charge in [-0.2, -0.15) is 0 Å². The molecule has 0 aromatic rings. The van der Waals surface area contributed by atoms with Crippen molar-refractivity contribution in [2.75, 3.05) is 39.6 Å². The van der Waals surface area contributed by atoms with Gasteiger partial charge < -0.3 is 42.0 Å². The molecule has 13 heteroatoms. The number of cyclic esters (lactones) is 1. The molecule has 0 aromatic carbocycles. The van der Waals surface area contributed by atoms with Crippen LogP contribution in [0.5, 0.6) is 0 Å². The first-order chi connectivity index (χ1) is 29.9. The first kappa shape index (κ1) is 57.4. The zero-order chi connectivity index (χ0) is 47.3. The average Bonchev–Trinajstić information content (AvgIpc) is 4.03. The van der Waals surface area contributed by atoms with E-state index in [1.165, 1.54) is 6.92 Å². The van der Waals surface area contributed by atoms with Crippen molar-refractivity contribution in [2.24, 2.45) is 11.8 Å². The van der Waals surface area contributed by atoms with Crippen molar-refractivity contribution in [3.05, 3.63) is 36.0 Å². The van der Waals surface area contributed by atoms with E-state index in [-0.39, 0.29) is 48.6 Å². The van der Waals surface area contributed by atoms with Crippen LogP contribution in [-0.2, 0) is 51.6 Å². The highest BCUT2D eigenvalue weighted by molar-refractivity contribution is 6.74. The predicted octanol–water partition coefficient (Wildman–Crippen LogP) is 11.3. The molecule has 2 rings (SSSR count). The molecule has 11 nitrogen and oxygen atoms in total. The maximum Gasteiger partial charge on any atom is 0.308 e. The molecule has 10 atom stereocenters. The van der Waals surface area contributed by atoms with Gasteiger partial charge in [0.25, 0.3) is 0 Å². The van der Waals surface area contributed by atoms with E-state index in [1.54, 1.807) is 0 Å². The number of allylic oxidation sites excluding steroid dienone is 2. The van der Waals surface area contributed by atoms with Crippen LogP contribution in [-0.4, -0.2) is 116 Å². The van der Waals surface area contributed by atoms with Gasteiger partial charge in [-0.05, 0) is 102 Å². The van der Waals surface area contributed by atoms with E-state index >= 15 is 0 Å². The van der Waals surface area contributed by atoms with E-state index in [0.29, 0.717) is 58.9 Å². The van der Waals surface area contributed by atoms with E-state index in [0.717, 1.165) is 48.3 Å². The Morgan fingerprint density at radius 2 is 1.51 bits per heavy atom. The summed E-state index contributed by atoms with van der Waals surface area (Å²) in [6.07, 6.45) is 11.5. The van der Waals surface area contributed by atoms with Crippen molar-refractivity contribution < 1.29 is 51.6 Å². The zero-order valence-electron chi connectivity index (χ0n) is 42.5. The second kappa shape index (κ2) is 28.5. The summed E-state index contributed by atoms with van der Waals surface area (Å²) in [6.45, 7) is 34.3. The first-order valence-corrected chi connectivity index (χ1v) is 29.8. The average molecular weight is 925 g/mol. The number of hydrogen-bond donors (Lipinski definition) is 0. The Kier molecular flexibility index (Phi) is 26.0. The van der Waals surface area contributed by atoms with E-state index in [9.17, 15) is 9.59 Å². The predicted molar refractivity (Wildman–Crippen MR) is 259 cm³/mol. The van der Waals surface area contributed by atoms with Crippen LogP contribution in [0.3, 0.4) is 0 Å². The Morgan fingerprint density at radius 1 is 0.905 bits per heavy atom. The van der Waals surface area contributed by atoms with Crippen LogP contribution in [0, 0.1) is 11.8 Å². The minimum Gasteiger partial charge on any atom is -0.457 e. The third kappa shape index (κ3) is 18.5. The number of epoxide rings is 1. The van der Waals surface area contributed by atoms with Crippen molar-refractivity contribution >= 4 is 28.6 Å². The number of hydrogen-bond acceptors (Lipinski definition) is 11. The minimum atomic E-state index is -2.12. The molecular formula is C50H92O11Si2. The van der Waals surface area contributed by atoms with Gasteiger partial charge in [0.1, 0.15) is 17.8 Å². The topological polar surface area (TPSA) is 121 Å². The van der Waals surface area contributed by atoms with Crippen molar-refractivity contribution in [3.8, 4) is 0 Å². The third-order valence-electron chi connectivity index (χ3n) is 14.0. The second-order valence-electron chi connectivity index (χ2n) is 18.4. The summed E-state index contributed by atoms with van der Waals surface area (Å²) in [7, 11) is -3.88. The molecule has 0 radical (unpaired) electrons. The van der Waals surface area contributed by atoms with Crippen LogP contribution >= 0.6 is 0 Å². The maximum atomic E-state index is 14.0. The monoisotopic (exact) mass is 925 g/mol. The Balaban J connectivity index is 2.51. The summed E-state index contributed by atoms with van der Waals surface area (Å²) in [4.78, 5) is 26.6. The van der Waals surface area contributed by atoms with Gasteiger partial charge in [-0.25, -0.2) is 0 Å². The molecule has 0 N–H and O–H groups in total. The summed E-state index contributed by atoms with van der Waals surface area (Å²) in [5.41, 5.74) is -0.662. The molecule has 1 fully saturated rings. The molecule has 0 aliphatic carbocycles. The molecule has 366 valence electrons. The molecule has 0 aromatic heterocycles. The van der Waals surface area contributed by atoms with Crippen LogP contribution in [0.1, 0.15) is 136 Å². The Bertz CT molecular complexity index is 1400. The molecule has 2 aliphatic rings. The Hall–Kier alpha value is -1.69. The molecule has 0 amide bonds. The summed E-state index contributed by atoms with van der Waals surface area (Å²) >= 11 is 0. The molecule has 0 spiro atoms. The number of carbonyl (C=O) groups is 2. The molecule has 1 saturated heterocycles. The summed E-state index contributed by atoms with van der Waals surface area (Å²) < 4.78 is 57.2. The largest absolute Gasteiger partial charge is 0.457 e. The highest BCUT2D eigenvalue weighted by Gasteiger charge is 2.49. The van der Waals surface area contributed by atoms with E-state index in [4.69, 9.17) is 42.0 Å². The standard InChI is InChI=1S/C50H92O11Si2/c1-16-43(61-63(22-7,23-8)24-9)40(12)48-44(58-48)37-49(14,55-34-32-53-17-2)30-25-26-38(10)47-39(11)27-28-45(57-41(13)51)50(15,56-35-33-54-18-3)31-29-42(36-46(52)59-47)60-62(19-4,20-5)21-6/h25-28,30,39-40,42-45,47-48H,16-24,29,31-37H2,1-15H3/b28-27+,30-25+,38-26+. The molecule has 2 aliphatic heterocycles. The van der Waals surface area contributed by atoms with Crippen LogP contribution in [0.15, 0.2) is 36.0 Å². The quantitative estimate of drug-likeness (QED) is 0.0178. The van der Waals surface area contributed by atoms with Crippen LogP contribution < -0.4 is 0 Å². The van der Waals surface area contributed by atoms with Gasteiger partial charge in [0.05, 0.1) is 56.8 Å². The summed E-state index contributed by atoms with van der Waals surface area (Å²) in [5, 5.41) is 0. The van der Waals surface area contributed by atoms with Crippen molar-refractivity contribution in [3.63, 3.8) is 0 Å². The smallest absolute Gasteiger partial charge is 0.308 e. The van der Waals surface area contributed by atoms with Crippen molar-refractivity contribution in [1.82, 2.24) is 0 Å². The third-order valence-corrected chi connectivity index (χ3v) is 23.3. The van der Waals surface area contributed by atoms with Crippen molar-refractivity contribution in [1.29, 1.82) is 0 Å². The second-order valence-corrected chi connectivity index (χ2v) is 27.9. The fraction of sp³-hybridized carbons (Fsp3) is 0.840. The van der Waals surface area contributed by atoms with Crippen LogP contribution in [0.25, 0.3) is 0 Å². The summed E-state index contributed by atoms with van der Waals surface area (Å²) in [5.74, 6) is -0.690. The highest BCUT2D eigenvalue weighted by atomic mass is 28.4. The lowest BCUT2D eigenvalue weighted by molar-refractivity contribution is -0.166. The van der Waals surface area contributed by atoms with Gasteiger partial charge in [-0.3, -0.25) is 9.59 Å². The fourth-order valence-electron chi connectivity index (χ4n) is 9.12. The fourth-order valence-corrected chi connectivity index (χ4v) is 15.1. The summed E-state index contributed by atoms with van der Waals surface area (Å²) in [6, 6.07) is 6.24. The molecule has 0 saturated carbocycles. The van der Waals surface area contributed by atoms with E-state index in [1.807, 2.05) is 58.9 Å². The van der Waals surface area contributed by atoms with Gasteiger partial charge in [-0.15, -0.1) is 0 Å². The Morgan fingerprint density at radius 3 is 2.06 bits per heavy atom. The SMILES string of the molecule is CCOCCOC(C)(/C=C/C=C(\C)C1OC(=O)CC(O[Si](CC)(CC)CC)CCC(C)(OCCOCC)C(OC(C)=O)/C=C/C1C)CC1OC1C(C)C(CC)O[Si](CC)(CC)CC. The zero-order valence-corrected chi connectivity index (χ0v) is 44.5. The molecular weight excluding hydrogens is 833 g/mol. The minimum absolute atomic E-state index is 0.0481. The number of ether oxygens (including phenoxy) is 7. The normalized spacial score (nSPS) is 27.8. The van der Waals surface area contributed by atoms with Crippen molar-refractivity contribution in [2.45, 2.75) is 220 Å². The lowest BCUT2D eigenvalue weighted by atomic mass is 9.88. The number of carbonyl (C=O) groups excluding carboxylic acids is 2. The first-order valence-electron chi connectivity index (χ1n) is 24.8. The van der Waals surface area contributed by atoms with E-state index < -0.39 is 46.0 Å². The lowest BCUT2D eigenvalue weighted by Gasteiger charge is -2.39. The van der Waals surface area contributed by atoms with Crippen LogP contribution in [0.4, 0.5) is 0 Å². The molecule has 2 heterocycles. The maximum absolute atomic E-state index is 14.0. The van der Waals surface area contributed by atoms with Gasteiger partial charge in [0.2, 0.25) is 0 Å². The molecule has 10 unspecified atom stereocenters. The lowest BCUT2D eigenvalue weighted by Crippen LogP contribution is -2.47.